The van der Waals surface area contributed by atoms with Crippen molar-refractivity contribution in [3.63, 3.8) is 0 Å². The molecule has 5 unspecified atom stereocenters. The molecule has 0 aromatic rings. The Morgan fingerprint density at radius 2 is 1.52 bits per heavy atom. The van der Waals surface area contributed by atoms with Gasteiger partial charge in [-0.25, -0.2) is 0 Å². The SMILES string of the molecule is CC1C=CC=CC1(C)C1=CC=CC(N)(C2(C)C=CC=CC2C)C1. The molecule has 3 aliphatic rings. The van der Waals surface area contributed by atoms with E-state index in [1.54, 1.807) is 0 Å². The molecule has 0 radical (unpaired) electrons. The summed E-state index contributed by atoms with van der Waals surface area (Å²) in [6.07, 6.45) is 25.4. The molecule has 0 aromatic carbocycles. The molecule has 5 atom stereocenters. The summed E-state index contributed by atoms with van der Waals surface area (Å²) in [6, 6.07) is 0. The highest BCUT2D eigenvalue weighted by Crippen LogP contribution is 2.51. The van der Waals surface area contributed by atoms with Crippen molar-refractivity contribution in [1.29, 1.82) is 0 Å². The van der Waals surface area contributed by atoms with Gasteiger partial charge < -0.3 is 5.73 Å². The van der Waals surface area contributed by atoms with Crippen LogP contribution in [0, 0.1) is 22.7 Å². The fourth-order valence-electron chi connectivity index (χ4n) is 4.16. The van der Waals surface area contributed by atoms with Crippen LogP contribution in [0.1, 0.15) is 34.1 Å². The maximum atomic E-state index is 7.00. The zero-order valence-electron chi connectivity index (χ0n) is 14.8. The molecule has 0 saturated heterocycles. The summed E-state index contributed by atoms with van der Waals surface area (Å²) in [7, 11) is 0. The first-order valence-corrected chi connectivity index (χ1v) is 8.72. The lowest BCUT2D eigenvalue weighted by Gasteiger charge is -2.50. The monoisotopic (exact) mass is 307 g/mol. The largest absolute Gasteiger partial charge is 0.321 e. The smallest absolute Gasteiger partial charge is 0.0475 e. The summed E-state index contributed by atoms with van der Waals surface area (Å²) in [6.45, 7) is 9.21. The van der Waals surface area contributed by atoms with Crippen LogP contribution in [0.15, 0.2) is 72.4 Å². The van der Waals surface area contributed by atoms with E-state index in [0.29, 0.717) is 11.8 Å². The van der Waals surface area contributed by atoms with Crippen molar-refractivity contribution in [3.05, 3.63) is 72.4 Å². The predicted molar refractivity (Wildman–Crippen MR) is 99.9 cm³/mol. The van der Waals surface area contributed by atoms with Crippen LogP contribution in [0.4, 0.5) is 0 Å². The minimum Gasteiger partial charge on any atom is -0.321 e. The van der Waals surface area contributed by atoms with Crippen molar-refractivity contribution < 1.29 is 0 Å². The molecular formula is C22H29N. The maximum Gasteiger partial charge on any atom is 0.0475 e. The van der Waals surface area contributed by atoms with E-state index in [-0.39, 0.29) is 16.4 Å². The zero-order chi connectivity index (χ0) is 16.7. The van der Waals surface area contributed by atoms with Gasteiger partial charge in [0.15, 0.2) is 0 Å². The molecule has 0 aliphatic heterocycles. The lowest BCUT2D eigenvalue weighted by atomic mass is 9.56. The molecule has 3 rings (SSSR count). The highest BCUT2D eigenvalue weighted by molar-refractivity contribution is 5.41. The first kappa shape index (κ1) is 16.3. The lowest BCUT2D eigenvalue weighted by molar-refractivity contribution is 0.181. The Hall–Kier alpha value is -1.60. The topological polar surface area (TPSA) is 26.0 Å². The van der Waals surface area contributed by atoms with Crippen molar-refractivity contribution in [2.45, 2.75) is 39.7 Å². The molecule has 122 valence electrons. The van der Waals surface area contributed by atoms with Crippen LogP contribution in [0.3, 0.4) is 0 Å². The van der Waals surface area contributed by atoms with Gasteiger partial charge in [0.1, 0.15) is 0 Å². The zero-order valence-corrected chi connectivity index (χ0v) is 14.8. The first-order valence-electron chi connectivity index (χ1n) is 8.72. The van der Waals surface area contributed by atoms with Crippen molar-refractivity contribution in [3.8, 4) is 0 Å². The highest BCUT2D eigenvalue weighted by atomic mass is 14.8. The molecule has 0 saturated carbocycles. The van der Waals surface area contributed by atoms with Gasteiger partial charge in [0, 0.05) is 16.4 Å². The third-order valence-electron chi connectivity index (χ3n) is 6.67. The van der Waals surface area contributed by atoms with Crippen LogP contribution in [0.5, 0.6) is 0 Å². The summed E-state index contributed by atoms with van der Waals surface area (Å²) in [5.41, 5.74) is 8.08. The Labute approximate surface area is 141 Å². The molecule has 0 bridgehead atoms. The lowest BCUT2D eigenvalue weighted by Crippen LogP contribution is -2.56. The first-order chi connectivity index (χ1) is 10.8. The molecule has 0 amide bonds. The molecule has 0 heterocycles. The third-order valence-corrected chi connectivity index (χ3v) is 6.67. The molecule has 2 N–H and O–H groups in total. The van der Waals surface area contributed by atoms with Crippen LogP contribution in [0.2, 0.25) is 0 Å². The van der Waals surface area contributed by atoms with E-state index in [1.165, 1.54) is 5.57 Å². The molecule has 1 heteroatoms. The maximum absolute atomic E-state index is 7.00. The average Bonchev–Trinajstić information content (AvgIpc) is 2.53. The van der Waals surface area contributed by atoms with Crippen molar-refractivity contribution in [2.24, 2.45) is 28.4 Å². The van der Waals surface area contributed by atoms with E-state index in [9.17, 15) is 0 Å². The Balaban J connectivity index is 1.95. The van der Waals surface area contributed by atoms with Crippen LogP contribution in [0.25, 0.3) is 0 Å². The van der Waals surface area contributed by atoms with Gasteiger partial charge in [-0.2, -0.15) is 0 Å². The van der Waals surface area contributed by atoms with Gasteiger partial charge in [-0.1, -0.05) is 100 Å². The summed E-state index contributed by atoms with van der Waals surface area (Å²) < 4.78 is 0. The van der Waals surface area contributed by atoms with Crippen LogP contribution in [-0.2, 0) is 0 Å². The average molecular weight is 307 g/mol. The van der Waals surface area contributed by atoms with Gasteiger partial charge in [0.05, 0.1) is 0 Å². The Kier molecular flexibility index (Phi) is 3.88. The van der Waals surface area contributed by atoms with Crippen molar-refractivity contribution >= 4 is 0 Å². The molecule has 1 nitrogen and oxygen atoms in total. The Bertz CT molecular complexity index is 659. The molecular weight excluding hydrogens is 278 g/mol. The van der Waals surface area contributed by atoms with Crippen LogP contribution in [-0.4, -0.2) is 5.54 Å². The minimum atomic E-state index is -0.352. The summed E-state index contributed by atoms with van der Waals surface area (Å²) in [5, 5.41) is 0. The molecule has 0 fully saturated rings. The normalized spacial score (nSPS) is 45.3. The molecule has 23 heavy (non-hydrogen) atoms. The van der Waals surface area contributed by atoms with Crippen LogP contribution < -0.4 is 5.73 Å². The minimum absolute atomic E-state index is 0.0535. The molecule has 3 aliphatic carbocycles. The van der Waals surface area contributed by atoms with Gasteiger partial charge in [-0.05, 0) is 18.3 Å². The van der Waals surface area contributed by atoms with Gasteiger partial charge in [0.2, 0.25) is 0 Å². The number of allylic oxidation sites excluding steroid dienone is 9. The molecule has 0 spiro atoms. The summed E-state index contributed by atoms with van der Waals surface area (Å²) in [5.74, 6) is 0.912. The van der Waals surface area contributed by atoms with E-state index >= 15 is 0 Å². The summed E-state index contributed by atoms with van der Waals surface area (Å²) >= 11 is 0. The number of hydrogen-bond donors (Lipinski definition) is 1. The molecule has 0 aromatic heterocycles. The standard InChI is InChI=1S/C22H29N/c1-17-10-5-7-13-20(17,3)19-12-9-15-22(23,16-19)21(4)14-8-6-11-18(21)2/h5-15,17-18H,16,23H2,1-4H3. The predicted octanol–water partition coefficient (Wildman–Crippen LogP) is 5.11. The van der Waals surface area contributed by atoms with E-state index in [1.807, 2.05) is 0 Å². The fraction of sp³-hybridized carbons (Fsp3) is 0.455. The van der Waals surface area contributed by atoms with Gasteiger partial charge >= 0.3 is 0 Å². The number of rotatable bonds is 2. The Morgan fingerprint density at radius 3 is 2.17 bits per heavy atom. The third kappa shape index (κ3) is 2.42. The van der Waals surface area contributed by atoms with E-state index < -0.39 is 0 Å². The van der Waals surface area contributed by atoms with Gasteiger partial charge in [0.25, 0.3) is 0 Å². The number of hydrogen-bond acceptors (Lipinski definition) is 1. The quantitative estimate of drug-likeness (QED) is 0.754. The van der Waals surface area contributed by atoms with Gasteiger partial charge in [-0.3, -0.25) is 0 Å². The summed E-state index contributed by atoms with van der Waals surface area (Å²) in [4.78, 5) is 0. The van der Waals surface area contributed by atoms with Gasteiger partial charge in [-0.15, -0.1) is 0 Å². The number of nitrogens with two attached hydrogens (primary N) is 1. The fourth-order valence-corrected chi connectivity index (χ4v) is 4.16. The van der Waals surface area contributed by atoms with Crippen molar-refractivity contribution in [2.75, 3.05) is 0 Å². The second kappa shape index (κ2) is 5.49. The van der Waals surface area contributed by atoms with E-state index in [4.69, 9.17) is 5.73 Å². The highest BCUT2D eigenvalue weighted by Gasteiger charge is 2.48. The van der Waals surface area contributed by atoms with E-state index in [2.05, 4.69) is 94.5 Å². The Morgan fingerprint density at radius 1 is 0.870 bits per heavy atom. The van der Waals surface area contributed by atoms with Crippen molar-refractivity contribution in [1.82, 2.24) is 0 Å². The second-order valence-electron chi connectivity index (χ2n) is 7.90. The van der Waals surface area contributed by atoms with Crippen LogP contribution >= 0.6 is 0 Å². The van der Waals surface area contributed by atoms with E-state index in [0.717, 1.165) is 6.42 Å². The second-order valence-corrected chi connectivity index (χ2v) is 7.90.